The van der Waals surface area contributed by atoms with Crippen molar-refractivity contribution in [2.24, 2.45) is 0 Å². The molecule has 0 amide bonds. The Hall–Kier alpha value is -1.89. The van der Waals surface area contributed by atoms with Gasteiger partial charge in [-0.2, -0.15) is 5.10 Å². The summed E-state index contributed by atoms with van der Waals surface area (Å²) in [6.07, 6.45) is 3.02. The van der Waals surface area contributed by atoms with Crippen LogP contribution in [-0.2, 0) is 10.0 Å². The Morgan fingerprint density at radius 3 is 2.65 bits per heavy atom. The Balaban J connectivity index is 2.39. The van der Waals surface area contributed by atoms with Gasteiger partial charge in [-0.25, -0.2) is 8.42 Å². The first-order valence-corrected chi connectivity index (χ1v) is 6.43. The van der Waals surface area contributed by atoms with Crippen LogP contribution >= 0.6 is 0 Å². The molecule has 0 saturated heterocycles. The van der Waals surface area contributed by atoms with Crippen LogP contribution in [0.25, 0.3) is 0 Å². The third kappa shape index (κ3) is 2.28. The Morgan fingerprint density at radius 2 is 2.12 bits per heavy atom. The monoisotopic (exact) mass is 252 g/mol. The van der Waals surface area contributed by atoms with Gasteiger partial charge in [0.15, 0.2) is 0 Å². The van der Waals surface area contributed by atoms with Crippen LogP contribution in [0.4, 0.5) is 5.69 Å². The molecule has 0 atom stereocenters. The number of aryl methyl sites for hydroxylation is 2. The van der Waals surface area contributed by atoms with Crippen LogP contribution in [0.2, 0.25) is 0 Å². The van der Waals surface area contributed by atoms with Crippen molar-refractivity contribution in [1.29, 1.82) is 0 Å². The number of nitrogens with one attached hydrogen (secondary N) is 2. The summed E-state index contributed by atoms with van der Waals surface area (Å²) in [5.74, 6) is 0. The van der Waals surface area contributed by atoms with E-state index >= 15 is 0 Å². The van der Waals surface area contributed by atoms with Gasteiger partial charge in [0.05, 0.1) is 23.3 Å². The predicted molar refractivity (Wildman–Crippen MR) is 63.1 cm³/mol. The number of sulfonamides is 1. The Kier molecular flexibility index (Phi) is 2.84. The number of hydrogen-bond acceptors (Lipinski definition) is 4. The predicted octanol–water partition coefficient (Wildman–Crippen LogP) is 1.22. The van der Waals surface area contributed by atoms with Crippen LogP contribution in [0, 0.1) is 13.8 Å². The number of nitrogens with zero attached hydrogens (tertiary/aromatic N) is 2. The van der Waals surface area contributed by atoms with E-state index in [2.05, 4.69) is 19.9 Å². The summed E-state index contributed by atoms with van der Waals surface area (Å²) in [7, 11) is -3.62. The molecule has 0 spiro atoms. The average Bonchev–Trinajstić information content (AvgIpc) is 2.59. The summed E-state index contributed by atoms with van der Waals surface area (Å²) in [5, 5.41) is 6.51. The summed E-state index contributed by atoms with van der Waals surface area (Å²) >= 11 is 0. The first kappa shape index (κ1) is 11.6. The lowest BCUT2D eigenvalue weighted by molar-refractivity contribution is 0.600. The minimum atomic E-state index is -3.62. The Labute approximate surface area is 99.1 Å². The number of anilines is 1. The molecule has 7 heteroatoms. The van der Waals surface area contributed by atoms with Gasteiger partial charge in [-0.3, -0.25) is 14.8 Å². The lowest BCUT2D eigenvalue weighted by Gasteiger charge is -2.07. The average molecular weight is 252 g/mol. The first-order valence-electron chi connectivity index (χ1n) is 4.95. The molecule has 0 aliphatic rings. The van der Waals surface area contributed by atoms with Crippen molar-refractivity contribution in [3.05, 3.63) is 35.9 Å². The zero-order valence-corrected chi connectivity index (χ0v) is 10.2. The number of aromatic amines is 1. The third-order valence-electron chi connectivity index (χ3n) is 2.24. The second kappa shape index (κ2) is 4.17. The summed E-state index contributed by atoms with van der Waals surface area (Å²) < 4.78 is 26.7. The summed E-state index contributed by atoms with van der Waals surface area (Å²) in [5.41, 5.74) is 1.38. The van der Waals surface area contributed by atoms with Gasteiger partial charge in [0.1, 0.15) is 4.90 Å². The van der Waals surface area contributed by atoms with E-state index in [9.17, 15) is 8.42 Å². The van der Waals surface area contributed by atoms with E-state index in [1.165, 1.54) is 6.20 Å². The van der Waals surface area contributed by atoms with Gasteiger partial charge in [-0.15, -0.1) is 0 Å². The molecule has 2 rings (SSSR count). The normalized spacial score (nSPS) is 11.4. The van der Waals surface area contributed by atoms with E-state index in [0.717, 1.165) is 0 Å². The van der Waals surface area contributed by atoms with E-state index in [1.807, 2.05) is 0 Å². The molecule has 2 N–H and O–H groups in total. The number of hydrogen-bond donors (Lipinski definition) is 2. The summed E-state index contributed by atoms with van der Waals surface area (Å²) in [6.45, 7) is 3.30. The van der Waals surface area contributed by atoms with Crippen molar-refractivity contribution in [3.63, 3.8) is 0 Å². The highest BCUT2D eigenvalue weighted by molar-refractivity contribution is 7.92. The molecule has 0 radical (unpaired) electrons. The number of pyridine rings is 1. The van der Waals surface area contributed by atoms with Gasteiger partial charge in [-0.05, 0) is 26.0 Å². The number of H-pyrrole nitrogens is 1. The quantitative estimate of drug-likeness (QED) is 0.859. The van der Waals surface area contributed by atoms with E-state index in [0.29, 0.717) is 17.1 Å². The minimum absolute atomic E-state index is 0.182. The molecular weight excluding hydrogens is 240 g/mol. The fraction of sp³-hybridized carbons (Fsp3) is 0.200. The van der Waals surface area contributed by atoms with Crippen LogP contribution in [0.3, 0.4) is 0 Å². The topological polar surface area (TPSA) is 87.7 Å². The van der Waals surface area contributed by atoms with Crippen LogP contribution < -0.4 is 4.72 Å². The molecule has 0 fully saturated rings. The number of rotatable bonds is 3. The maximum Gasteiger partial charge on any atom is 0.265 e. The van der Waals surface area contributed by atoms with Crippen LogP contribution in [-0.4, -0.2) is 23.6 Å². The fourth-order valence-corrected chi connectivity index (χ4v) is 2.98. The smallest absolute Gasteiger partial charge is 0.265 e. The third-order valence-corrected chi connectivity index (χ3v) is 3.89. The van der Waals surface area contributed by atoms with E-state index in [1.54, 1.807) is 32.2 Å². The van der Waals surface area contributed by atoms with Gasteiger partial charge < -0.3 is 0 Å². The van der Waals surface area contributed by atoms with Crippen molar-refractivity contribution in [1.82, 2.24) is 15.2 Å². The van der Waals surface area contributed by atoms with Crippen molar-refractivity contribution in [2.45, 2.75) is 18.7 Å². The molecule has 6 nitrogen and oxygen atoms in total. The lowest BCUT2D eigenvalue weighted by atomic mass is 10.4. The van der Waals surface area contributed by atoms with Crippen molar-refractivity contribution in [2.75, 3.05) is 4.72 Å². The summed E-state index contributed by atoms with van der Waals surface area (Å²) in [4.78, 5) is 4.03. The van der Waals surface area contributed by atoms with Gasteiger partial charge in [0, 0.05) is 6.20 Å². The van der Waals surface area contributed by atoms with E-state index < -0.39 is 10.0 Å². The highest BCUT2D eigenvalue weighted by Gasteiger charge is 2.22. The minimum Gasteiger partial charge on any atom is -0.281 e. The molecule has 0 aliphatic carbocycles. The number of aromatic nitrogens is 3. The zero-order chi connectivity index (χ0) is 12.5. The SMILES string of the molecule is Cc1n[nH]c(C)c1S(=O)(=O)Nc1cccnc1. The van der Waals surface area contributed by atoms with Crippen molar-refractivity contribution in [3.8, 4) is 0 Å². The Morgan fingerprint density at radius 1 is 1.35 bits per heavy atom. The maximum atomic E-state index is 12.1. The van der Waals surface area contributed by atoms with Gasteiger partial charge in [0.2, 0.25) is 0 Å². The van der Waals surface area contributed by atoms with Crippen LogP contribution in [0.15, 0.2) is 29.4 Å². The van der Waals surface area contributed by atoms with Crippen LogP contribution in [0.1, 0.15) is 11.4 Å². The molecule has 0 unspecified atom stereocenters. The molecular formula is C10H12N4O2S. The molecule has 0 aliphatic heterocycles. The van der Waals surface area contributed by atoms with E-state index in [-0.39, 0.29) is 4.90 Å². The molecule has 2 heterocycles. The molecule has 0 aromatic carbocycles. The molecule has 2 aromatic rings. The lowest BCUT2D eigenvalue weighted by Crippen LogP contribution is -2.14. The van der Waals surface area contributed by atoms with E-state index in [4.69, 9.17) is 0 Å². The zero-order valence-electron chi connectivity index (χ0n) is 9.43. The molecule has 0 bridgehead atoms. The van der Waals surface area contributed by atoms with Gasteiger partial charge in [-0.1, -0.05) is 0 Å². The summed E-state index contributed by atoms with van der Waals surface area (Å²) in [6, 6.07) is 3.29. The second-order valence-electron chi connectivity index (χ2n) is 3.61. The second-order valence-corrected chi connectivity index (χ2v) is 5.23. The Bertz CT molecular complexity index is 600. The highest BCUT2D eigenvalue weighted by atomic mass is 32.2. The van der Waals surface area contributed by atoms with Crippen molar-refractivity contribution < 1.29 is 8.42 Å². The first-order chi connectivity index (χ1) is 8.00. The molecule has 90 valence electrons. The highest BCUT2D eigenvalue weighted by Crippen LogP contribution is 2.19. The van der Waals surface area contributed by atoms with Gasteiger partial charge >= 0.3 is 0 Å². The standard InChI is InChI=1S/C10H12N4O2S/c1-7-10(8(2)13-12-7)17(15,16)14-9-4-3-5-11-6-9/h3-6,14H,1-2H3,(H,12,13). The fourth-order valence-electron chi connectivity index (χ4n) is 1.57. The van der Waals surface area contributed by atoms with Crippen LogP contribution in [0.5, 0.6) is 0 Å². The maximum absolute atomic E-state index is 12.1. The molecule has 0 saturated carbocycles. The molecule has 17 heavy (non-hydrogen) atoms. The molecule has 2 aromatic heterocycles. The largest absolute Gasteiger partial charge is 0.281 e. The van der Waals surface area contributed by atoms with Crippen molar-refractivity contribution >= 4 is 15.7 Å². The van der Waals surface area contributed by atoms with Gasteiger partial charge in [0.25, 0.3) is 10.0 Å².